The van der Waals surface area contributed by atoms with E-state index >= 15 is 0 Å². The quantitative estimate of drug-likeness (QED) is 0.743. The van der Waals surface area contributed by atoms with Crippen molar-refractivity contribution in [3.8, 4) is 11.5 Å². The van der Waals surface area contributed by atoms with Gasteiger partial charge in [0.15, 0.2) is 0 Å². The SMILES string of the molecule is Cc1ccc(Oc2ccc(N)cc2Br)c(C(C)(C)C)c1. The zero-order valence-electron chi connectivity index (χ0n) is 12.3. The highest BCUT2D eigenvalue weighted by Crippen LogP contribution is 2.37. The number of nitrogens with two attached hydrogens (primary N) is 1. The van der Waals surface area contributed by atoms with E-state index in [-0.39, 0.29) is 5.41 Å². The Bertz CT molecular complexity index is 629. The van der Waals surface area contributed by atoms with Crippen LogP contribution < -0.4 is 10.5 Å². The van der Waals surface area contributed by atoms with Crippen LogP contribution in [0.2, 0.25) is 0 Å². The number of hydrogen-bond donors (Lipinski definition) is 1. The molecular weight excluding hydrogens is 314 g/mol. The molecule has 0 aliphatic carbocycles. The highest BCUT2D eigenvalue weighted by molar-refractivity contribution is 9.10. The van der Waals surface area contributed by atoms with Crippen LogP contribution in [0.25, 0.3) is 0 Å². The third-order valence-corrected chi connectivity index (χ3v) is 3.74. The molecule has 0 aromatic heterocycles. The average molecular weight is 334 g/mol. The van der Waals surface area contributed by atoms with Crippen LogP contribution in [0.4, 0.5) is 5.69 Å². The van der Waals surface area contributed by atoms with Gasteiger partial charge >= 0.3 is 0 Å². The van der Waals surface area contributed by atoms with Crippen molar-refractivity contribution >= 4 is 21.6 Å². The number of benzene rings is 2. The lowest BCUT2D eigenvalue weighted by Crippen LogP contribution is -2.12. The van der Waals surface area contributed by atoms with Crippen molar-refractivity contribution in [3.63, 3.8) is 0 Å². The number of aryl methyl sites for hydroxylation is 1. The van der Waals surface area contributed by atoms with Crippen molar-refractivity contribution in [2.24, 2.45) is 0 Å². The van der Waals surface area contributed by atoms with E-state index in [1.807, 2.05) is 24.3 Å². The number of halogens is 1. The number of hydrogen-bond acceptors (Lipinski definition) is 2. The standard InChI is InChI=1S/C17H20BrNO/c1-11-5-7-15(13(9-11)17(2,3)4)20-16-8-6-12(19)10-14(16)18/h5-10H,19H2,1-4H3. The van der Waals surface area contributed by atoms with Gasteiger partial charge in [0.05, 0.1) is 4.47 Å². The van der Waals surface area contributed by atoms with Gasteiger partial charge < -0.3 is 10.5 Å². The highest BCUT2D eigenvalue weighted by Gasteiger charge is 2.20. The summed E-state index contributed by atoms with van der Waals surface area (Å²) in [5.74, 6) is 1.65. The molecule has 106 valence electrons. The third kappa shape index (κ3) is 3.34. The zero-order valence-corrected chi connectivity index (χ0v) is 13.9. The monoisotopic (exact) mass is 333 g/mol. The van der Waals surface area contributed by atoms with Crippen LogP contribution in [-0.4, -0.2) is 0 Å². The summed E-state index contributed by atoms with van der Waals surface area (Å²) in [4.78, 5) is 0. The minimum absolute atomic E-state index is 0.0294. The van der Waals surface area contributed by atoms with E-state index in [1.165, 1.54) is 11.1 Å². The normalized spacial score (nSPS) is 11.4. The molecule has 0 radical (unpaired) electrons. The lowest BCUT2D eigenvalue weighted by molar-refractivity contribution is 0.453. The lowest BCUT2D eigenvalue weighted by atomic mass is 9.85. The first kappa shape index (κ1) is 14.9. The molecule has 0 saturated heterocycles. The molecule has 3 heteroatoms. The Hall–Kier alpha value is -1.48. The fraction of sp³-hybridized carbons (Fsp3) is 0.294. The fourth-order valence-corrected chi connectivity index (χ4v) is 2.51. The Kier molecular flexibility index (Phi) is 4.09. The average Bonchev–Trinajstić information content (AvgIpc) is 2.33. The molecule has 20 heavy (non-hydrogen) atoms. The van der Waals surface area contributed by atoms with E-state index < -0.39 is 0 Å². The van der Waals surface area contributed by atoms with Gasteiger partial charge in [-0.25, -0.2) is 0 Å². The first-order chi connectivity index (χ1) is 9.27. The van der Waals surface area contributed by atoms with Gasteiger partial charge in [0.25, 0.3) is 0 Å². The number of rotatable bonds is 2. The second-order valence-corrected chi connectivity index (χ2v) is 6.90. The highest BCUT2D eigenvalue weighted by atomic mass is 79.9. The van der Waals surface area contributed by atoms with E-state index in [1.54, 1.807) is 0 Å². The number of anilines is 1. The summed E-state index contributed by atoms with van der Waals surface area (Å²) in [5, 5.41) is 0. The van der Waals surface area contributed by atoms with Gasteiger partial charge in [-0.05, 0) is 52.5 Å². The molecule has 0 amide bonds. The molecule has 0 atom stereocenters. The second kappa shape index (κ2) is 5.49. The molecule has 0 heterocycles. The van der Waals surface area contributed by atoms with E-state index in [9.17, 15) is 0 Å². The first-order valence-electron chi connectivity index (χ1n) is 6.61. The van der Waals surface area contributed by atoms with E-state index in [0.29, 0.717) is 5.69 Å². The maximum Gasteiger partial charge on any atom is 0.141 e. The van der Waals surface area contributed by atoms with Crippen LogP contribution in [0, 0.1) is 6.92 Å². The molecule has 2 aromatic rings. The van der Waals surface area contributed by atoms with Crippen LogP contribution in [0.3, 0.4) is 0 Å². The van der Waals surface area contributed by atoms with Crippen molar-refractivity contribution in [2.45, 2.75) is 33.1 Å². The van der Waals surface area contributed by atoms with Gasteiger partial charge in [-0.3, -0.25) is 0 Å². The third-order valence-electron chi connectivity index (χ3n) is 3.12. The van der Waals surface area contributed by atoms with Gasteiger partial charge in [0.1, 0.15) is 11.5 Å². The largest absolute Gasteiger partial charge is 0.456 e. The van der Waals surface area contributed by atoms with Gasteiger partial charge in [-0.1, -0.05) is 38.5 Å². The van der Waals surface area contributed by atoms with Crippen LogP contribution in [0.1, 0.15) is 31.9 Å². The van der Waals surface area contributed by atoms with E-state index in [0.717, 1.165) is 16.0 Å². The summed E-state index contributed by atoms with van der Waals surface area (Å²) in [6.45, 7) is 8.66. The van der Waals surface area contributed by atoms with Crippen molar-refractivity contribution in [3.05, 3.63) is 52.0 Å². The first-order valence-corrected chi connectivity index (χ1v) is 7.40. The molecule has 0 saturated carbocycles. The van der Waals surface area contributed by atoms with Crippen molar-refractivity contribution in [2.75, 3.05) is 5.73 Å². The Morgan fingerprint density at radius 2 is 1.65 bits per heavy atom. The molecule has 2 N–H and O–H groups in total. The Morgan fingerprint density at radius 3 is 2.25 bits per heavy atom. The van der Waals surface area contributed by atoms with Crippen LogP contribution in [0.5, 0.6) is 11.5 Å². The smallest absolute Gasteiger partial charge is 0.141 e. The minimum Gasteiger partial charge on any atom is -0.456 e. The number of nitrogen functional groups attached to an aromatic ring is 1. The minimum atomic E-state index is 0.0294. The van der Waals surface area contributed by atoms with Gasteiger partial charge in [-0.2, -0.15) is 0 Å². The maximum absolute atomic E-state index is 6.07. The summed E-state index contributed by atoms with van der Waals surface area (Å²) in [6, 6.07) is 11.8. The van der Waals surface area contributed by atoms with Crippen molar-refractivity contribution in [1.82, 2.24) is 0 Å². The molecule has 0 aliphatic heterocycles. The Labute approximate surface area is 129 Å². The van der Waals surface area contributed by atoms with E-state index in [2.05, 4.69) is 55.8 Å². The predicted octanol–water partition coefficient (Wildman–Crippen LogP) is 5.43. The molecule has 0 bridgehead atoms. The van der Waals surface area contributed by atoms with Crippen molar-refractivity contribution < 1.29 is 4.74 Å². The molecule has 0 unspecified atom stereocenters. The Morgan fingerprint density at radius 1 is 1.00 bits per heavy atom. The van der Waals surface area contributed by atoms with Gasteiger partial charge in [0, 0.05) is 11.3 Å². The van der Waals surface area contributed by atoms with Crippen LogP contribution in [0.15, 0.2) is 40.9 Å². The van der Waals surface area contributed by atoms with Gasteiger partial charge in [0.2, 0.25) is 0 Å². The molecule has 0 spiro atoms. The Balaban J connectivity index is 2.43. The van der Waals surface area contributed by atoms with Crippen LogP contribution >= 0.6 is 15.9 Å². The lowest BCUT2D eigenvalue weighted by Gasteiger charge is -2.23. The summed E-state index contributed by atoms with van der Waals surface area (Å²) < 4.78 is 6.93. The van der Waals surface area contributed by atoms with Gasteiger partial charge in [-0.15, -0.1) is 0 Å². The summed E-state index contributed by atoms with van der Waals surface area (Å²) in [5.41, 5.74) is 8.93. The topological polar surface area (TPSA) is 35.2 Å². The summed E-state index contributed by atoms with van der Waals surface area (Å²) >= 11 is 3.49. The van der Waals surface area contributed by atoms with Crippen molar-refractivity contribution in [1.29, 1.82) is 0 Å². The molecule has 2 nitrogen and oxygen atoms in total. The van der Waals surface area contributed by atoms with E-state index in [4.69, 9.17) is 10.5 Å². The fourth-order valence-electron chi connectivity index (χ4n) is 2.04. The molecule has 0 aliphatic rings. The molecule has 2 aromatic carbocycles. The number of ether oxygens (including phenoxy) is 1. The van der Waals surface area contributed by atoms with Crippen LogP contribution in [-0.2, 0) is 5.41 Å². The second-order valence-electron chi connectivity index (χ2n) is 6.04. The maximum atomic E-state index is 6.07. The zero-order chi connectivity index (χ0) is 14.9. The molecule has 2 rings (SSSR count). The summed E-state index contributed by atoms with van der Waals surface area (Å²) in [7, 11) is 0. The predicted molar refractivity (Wildman–Crippen MR) is 88.5 cm³/mol. The molecular formula is C17H20BrNO. The molecule has 0 fully saturated rings. The summed E-state index contributed by atoms with van der Waals surface area (Å²) in [6.07, 6.45) is 0.